The number of amides is 2. The van der Waals surface area contributed by atoms with Crippen LogP contribution in [0, 0.1) is 12.8 Å². The third-order valence-electron chi connectivity index (χ3n) is 5.38. The molecule has 2 aromatic heterocycles. The van der Waals surface area contributed by atoms with E-state index in [9.17, 15) is 14.4 Å². The molecule has 138 valence electrons. The lowest BCUT2D eigenvalue weighted by atomic mass is 9.94. The van der Waals surface area contributed by atoms with Crippen molar-refractivity contribution in [3.8, 4) is 0 Å². The molecule has 0 aliphatic carbocycles. The minimum Gasteiger partial charge on any atom is -0.340 e. The van der Waals surface area contributed by atoms with Crippen LogP contribution in [0.3, 0.4) is 0 Å². The maximum absolute atomic E-state index is 12.8. The van der Waals surface area contributed by atoms with Gasteiger partial charge in [-0.25, -0.2) is 4.98 Å². The molecule has 5 rings (SSSR count). The van der Waals surface area contributed by atoms with Crippen LogP contribution in [0.5, 0.6) is 0 Å². The van der Waals surface area contributed by atoms with E-state index in [0.717, 1.165) is 18.5 Å². The standard InChI is InChI=1S/C17H21N5O3S/c1-10-14(16(24)20-19-10)4-15(23)21-5-11-2-3-13(7-21)22(17(11)25)6-12-8-26-9-18-12/h8-9,11,13H,2-7H2,1H3,(H2,19,20,24)/t11-,13+/m0/s1. The van der Waals surface area contributed by atoms with Gasteiger partial charge in [0.15, 0.2) is 0 Å². The number of hydrogen-bond donors (Lipinski definition) is 2. The molecule has 3 aliphatic heterocycles. The molecule has 3 saturated heterocycles. The van der Waals surface area contributed by atoms with E-state index in [1.54, 1.807) is 17.3 Å². The van der Waals surface area contributed by atoms with E-state index >= 15 is 0 Å². The number of aromatic nitrogens is 3. The third-order valence-corrected chi connectivity index (χ3v) is 6.02. The van der Waals surface area contributed by atoms with Gasteiger partial charge in [0, 0.05) is 35.8 Å². The Hall–Kier alpha value is -2.42. The summed E-state index contributed by atoms with van der Waals surface area (Å²) >= 11 is 1.52. The monoisotopic (exact) mass is 375 g/mol. The van der Waals surface area contributed by atoms with Gasteiger partial charge in [-0.15, -0.1) is 11.3 Å². The van der Waals surface area contributed by atoms with E-state index in [4.69, 9.17) is 0 Å². The number of nitrogens with one attached hydrogen (secondary N) is 2. The number of nitrogens with zero attached hydrogens (tertiary/aromatic N) is 3. The lowest BCUT2D eigenvalue weighted by Gasteiger charge is -2.35. The molecular formula is C17H21N5O3S. The van der Waals surface area contributed by atoms with E-state index in [0.29, 0.717) is 30.9 Å². The van der Waals surface area contributed by atoms with Crippen LogP contribution in [0.1, 0.15) is 29.8 Å². The molecule has 0 spiro atoms. The average molecular weight is 375 g/mol. The summed E-state index contributed by atoms with van der Waals surface area (Å²) < 4.78 is 0. The fraction of sp³-hybridized carbons (Fsp3) is 0.529. The Morgan fingerprint density at radius 2 is 2.15 bits per heavy atom. The van der Waals surface area contributed by atoms with Crippen molar-refractivity contribution in [2.24, 2.45) is 5.92 Å². The number of hydrogen-bond acceptors (Lipinski definition) is 5. The molecular weight excluding hydrogens is 354 g/mol. The molecule has 0 saturated carbocycles. The zero-order chi connectivity index (χ0) is 18.3. The highest BCUT2D eigenvalue weighted by Gasteiger charge is 2.42. The highest BCUT2D eigenvalue weighted by atomic mass is 32.1. The van der Waals surface area contributed by atoms with E-state index in [1.165, 1.54) is 11.3 Å². The predicted molar refractivity (Wildman–Crippen MR) is 95.6 cm³/mol. The Morgan fingerprint density at radius 1 is 1.31 bits per heavy atom. The van der Waals surface area contributed by atoms with E-state index in [1.807, 2.05) is 10.3 Å². The number of thiazole rings is 1. The Morgan fingerprint density at radius 3 is 2.85 bits per heavy atom. The normalized spacial score (nSPS) is 22.7. The molecule has 5 heterocycles. The number of H-pyrrole nitrogens is 2. The number of aromatic amines is 2. The zero-order valence-electron chi connectivity index (χ0n) is 14.5. The number of carbonyl (C=O) groups excluding carboxylic acids is 2. The zero-order valence-corrected chi connectivity index (χ0v) is 15.3. The first kappa shape index (κ1) is 17.0. The van der Waals surface area contributed by atoms with E-state index < -0.39 is 0 Å². The van der Waals surface area contributed by atoms with Gasteiger partial charge in [-0.2, -0.15) is 0 Å². The number of carbonyl (C=O) groups is 2. The van der Waals surface area contributed by atoms with E-state index in [2.05, 4.69) is 15.2 Å². The Balaban J connectivity index is 1.51. The highest BCUT2D eigenvalue weighted by molar-refractivity contribution is 7.07. The van der Waals surface area contributed by atoms with Crippen LogP contribution in [0.15, 0.2) is 15.7 Å². The van der Waals surface area contributed by atoms with Crippen LogP contribution in [0.2, 0.25) is 0 Å². The van der Waals surface area contributed by atoms with Gasteiger partial charge in [-0.05, 0) is 19.8 Å². The predicted octanol–water partition coefficient (Wildman–Crippen LogP) is 0.660. The highest BCUT2D eigenvalue weighted by Crippen LogP contribution is 2.30. The smallest absolute Gasteiger partial charge is 0.267 e. The van der Waals surface area contributed by atoms with Crippen LogP contribution in [0.25, 0.3) is 0 Å². The minimum absolute atomic E-state index is 0.0116. The largest absolute Gasteiger partial charge is 0.340 e. The SMILES string of the molecule is Cc1[nH][nH]c(=O)c1CC(=O)N1C[C@@H]2CC[C@H](C1)N(Cc1cscn1)C2=O. The van der Waals surface area contributed by atoms with Crippen molar-refractivity contribution in [3.63, 3.8) is 0 Å². The second-order valence-electron chi connectivity index (χ2n) is 7.03. The summed E-state index contributed by atoms with van der Waals surface area (Å²) in [6, 6.07) is 0.0116. The van der Waals surface area contributed by atoms with Gasteiger partial charge in [0.05, 0.1) is 30.1 Å². The fourth-order valence-electron chi connectivity index (χ4n) is 3.89. The minimum atomic E-state index is -0.255. The number of piperidine rings is 1. The molecule has 26 heavy (non-hydrogen) atoms. The maximum Gasteiger partial charge on any atom is 0.267 e. The average Bonchev–Trinajstić information content (AvgIpc) is 3.14. The van der Waals surface area contributed by atoms with Gasteiger partial charge in [0.1, 0.15) is 0 Å². The van der Waals surface area contributed by atoms with Gasteiger partial charge in [0.25, 0.3) is 5.56 Å². The molecule has 2 N–H and O–H groups in total. The topological polar surface area (TPSA) is 102 Å². The quantitative estimate of drug-likeness (QED) is 0.819. The van der Waals surface area contributed by atoms with Crippen molar-refractivity contribution < 1.29 is 9.59 Å². The Kier molecular flexibility index (Phi) is 4.39. The van der Waals surface area contributed by atoms with Gasteiger partial charge in [0.2, 0.25) is 11.8 Å². The summed E-state index contributed by atoms with van der Waals surface area (Å²) in [7, 11) is 0. The first-order valence-corrected chi connectivity index (χ1v) is 9.68. The summed E-state index contributed by atoms with van der Waals surface area (Å²) in [4.78, 5) is 45.4. The third kappa shape index (κ3) is 3.07. The summed E-state index contributed by atoms with van der Waals surface area (Å²) in [5.41, 5.74) is 3.56. The van der Waals surface area contributed by atoms with Crippen LogP contribution in [0.4, 0.5) is 0 Å². The molecule has 0 radical (unpaired) electrons. The summed E-state index contributed by atoms with van der Waals surface area (Å²) in [6.07, 6.45) is 1.77. The lowest BCUT2D eigenvalue weighted by Crippen LogP contribution is -2.47. The van der Waals surface area contributed by atoms with Crippen molar-refractivity contribution in [2.45, 2.75) is 38.8 Å². The van der Waals surface area contributed by atoms with Gasteiger partial charge < -0.3 is 14.9 Å². The van der Waals surface area contributed by atoms with Crippen LogP contribution in [-0.2, 0) is 22.6 Å². The Labute approximate surface area is 154 Å². The van der Waals surface area contributed by atoms with Crippen LogP contribution in [-0.4, -0.2) is 55.9 Å². The Bertz CT molecular complexity index is 871. The fourth-order valence-corrected chi connectivity index (χ4v) is 4.44. The van der Waals surface area contributed by atoms with Gasteiger partial charge in [-0.3, -0.25) is 19.5 Å². The first-order valence-electron chi connectivity index (χ1n) is 8.74. The van der Waals surface area contributed by atoms with Gasteiger partial charge in [-0.1, -0.05) is 0 Å². The summed E-state index contributed by atoms with van der Waals surface area (Å²) in [5.74, 6) is -0.152. The summed E-state index contributed by atoms with van der Waals surface area (Å²) in [5, 5.41) is 7.21. The second-order valence-corrected chi connectivity index (χ2v) is 7.75. The second kappa shape index (κ2) is 6.71. The molecule has 2 amide bonds. The van der Waals surface area contributed by atoms with Crippen molar-refractivity contribution in [1.29, 1.82) is 0 Å². The number of rotatable bonds is 4. The molecule has 0 unspecified atom stereocenters. The summed E-state index contributed by atoms with van der Waals surface area (Å²) in [6.45, 7) is 3.23. The van der Waals surface area contributed by atoms with Crippen molar-refractivity contribution in [2.75, 3.05) is 13.1 Å². The number of fused-ring (bicyclic) bond motifs is 4. The van der Waals surface area contributed by atoms with Crippen LogP contribution >= 0.6 is 11.3 Å². The molecule has 3 aliphatic rings. The van der Waals surface area contributed by atoms with Crippen LogP contribution < -0.4 is 5.56 Å². The lowest BCUT2D eigenvalue weighted by molar-refractivity contribution is -0.140. The molecule has 2 aromatic rings. The molecule has 8 nitrogen and oxygen atoms in total. The molecule has 3 fully saturated rings. The van der Waals surface area contributed by atoms with E-state index in [-0.39, 0.29) is 35.8 Å². The molecule has 0 aromatic carbocycles. The molecule has 2 bridgehead atoms. The first-order chi connectivity index (χ1) is 12.5. The number of aryl methyl sites for hydroxylation is 1. The molecule has 2 atom stereocenters. The van der Waals surface area contributed by atoms with Crippen molar-refractivity contribution >= 4 is 23.2 Å². The van der Waals surface area contributed by atoms with Gasteiger partial charge >= 0.3 is 0 Å². The van der Waals surface area contributed by atoms with Crippen molar-refractivity contribution in [3.05, 3.63) is 38.2 Å². The maximum atomic E-state index is 12.8. The van der Waals surface area contributed by atoms with Crippen molar-refractivity contribution in [1.82, 2.24) is 25.0 Å². The molecule has 9 heteroatoms.